The zero-order valence-corrected chi connectivity index (χ0v) is 31.8. The van der Waals surface area contributed by atoms with Crippen molar-refractivity contribution in [2.75, 3.05) is 0 Å². The lowest BCUT2D eigenvalue weighted by Crippen LogP contribution is -1.98. The van der Waals surface area contributed by atoms with Gasteiger partial charge < -0.3 is 4.74 Å². The molecule has 0 spiro atoms. The molecule has 0 bridgehead atoms. The molecule has 0 amide bonds. The van der Waals surface area contributed by atoms with Gasteiger partial charge in [-0.1, -0.05) is 140 Å². The average Bonchev–Trinajstić information content (AvgIpc) is 3.33. The van der Waals surface area contributed by atoms with E-state index in [0.29, 0.717) is 5.82 Å². The molecular weight excluding hydrogens is 721 g/mol. The molecule has 0 aliphatic carbocycles. The van der Waals surface area contributed by atoms with E-state index in [9.17, 15) is 0 Å². The van der Waals surface area contributed by atoms with Crippen LogP contribution in [0.15, 0.2) is 207 Å². The predicted octanol–water partition coefficient (Wildman–Crippen LogP) is 13.9. The fraction of sp³-hybridized carbons (Fsp3) is 0. The number of fused-ring (bicyclic) bond motifs is 11. The lowest BCUT2D eigenvalue weighted by molar-refractivity contribution is 0.492. The second-order valence-corrected chi connectivity index (χ2v) is 14.6. The molecule has 3 aromatic heterocycles. The average molecular weight is 755 g/mol. The molecule has 0 radical (unpaired) electrons. The molecule has 276 valence electrons. The van der Waals surface area contributed by atoms with Gasteiger partial charge in [0.1, 0.15) is 11.5 Å². The number of hydrogen-bond acceptors (Lipinski definition) is 5. The van der Waals surface area contributed by atoms with Gasteiger partial charge >= 0.3 is 0 Å². The van der Waals surface area contributed by atoms with Crippen molar-refractivity contribution < 1.29 is 4.74 Å². The van der Waals surface area contributed by atoms with Crippen molar-refractivity contribution in [2.24, 2.45) is 0 Å². The van der Waals surface area contributed by atoms with Crippen LogP contribution in [0.3, 0.4) is 0 Å². The Labute approximate surface area is 342 Å². The van der Waals surface area contributed by atoms with Gasteiger partial charge in [-0.2, -0.15) is 0 Å². The maximum Gasteiger partial charge on any atom is 0.161 e. The monoisotopic (exact) mass is 754 g/mol. The predicted molar refractivity (Wildman–Crippen MR) is 239 cm³/mol. The molecule has 0 fully saturated rings. The van der Waals surface area contributed by atoms with Gasteiger partial charge in [0.05, 0.1) is 17.1 Å². The number of pyridine rings is 2. The fourth-order valence-electron chi connectivity index (χ4n) is 8.21. The molecule has 4 heterocycles. The Morgan fingerprint density at radius 2 is 0.966 bits per heavy atom. The third kappa shape index (κ3) is 6.22. The molecule has 10 aromatic rings. The van der Waals surface area contributed by atoms with Crippen molar-refractivity contribution in [3.63, 3.8) is 0 Å². The van der Waals surface area contributed by atoms with Gasteiger partial charge in [0.2, 0.25) is 0 Å². The molecule has 0 unspecified atom stereocenters. The van der Waals surface area contributed by atoms with Crippen molar-refractivity contribution >= 4 is 10.8 Å². The van der Waals surface area contributed by atoms with Gasteiger partial charge in [-0.3, -0.25) is 9.97 Å². The Hall–Kier alpha value is -8.02. The summed E-state index contributed by atoms with van der Waals surface area (Å²) in [6, 6.07) is 65.5. The van der Waals surface area contributed by atoms with Crippen LogP contribution in [0.4, 0.5) is 0 Å². The van der Waals surface area contributed by atoms with E-state index < -0.39 is 0 Å². The van der Waals surface area contributed by atoms with Gasteiger partial charge in [0.25, 0.3) is 0 Å². The highest BCUT2D eigenvalue weighted by atomic mass is 16.5. The summed E-state index contributed by atoms with van der Waals surface area (Å²) < 4.78 is 7.20. The number of rotatable bonds is 4. The van der Waals surface area contributed by atoms with E-state index in [4.69, 9.17) is 19.7 Å². The molecule has 1 aliphatic heterocycles. The third-order valence-corrected chi connectivity index (χ3v) is 11.1. The molecule has 0 N–H and O–H groups in total. The van der Waals surface area contributed by atoms with Gasteiger partial charge in [0, 0.05) is 57.4 Å². The Morgan fingerprint density at radius 3 is 1.69 bits per heavy atom. The molecule has 0 saturated heterocycles. The van der Waals surface area contributed by atoms with Crippen LogP contribution in [0.2, 0.25) is 0 Å². The quantitative estimate of drug-likeness (QED) is 0.179. The van der Waals surface area contributed by atoms with Crippen LogP contribution < -0.4 is 4.74 Å². The minimum Gasteiger partial charge on any atom is -0.455 e. The van der Waals surface area contributed by atoms with E-state index >= 15 is 0 Å². The van der Waals surface area contributed by atoms with Crippen LogP contribution in [0.5, 0.6) is 11.5 Å². The zero-order valence-electron chi connectivity index (χ0n) is 31.8. The number of hydrogen-bond donors (Lipinski definition) is 0. The lowest BCUT2D eigenvalue weighted by atomic mass is 9.85. The van der Waals surface area contributed by atoms with Gasteiger partial charge in [0.15, 0.2) is 5.82 Å². The molecule has 0 atom stereocenters. The smallest absolute Gasteiger partial charge is 0.161 e. The van der Waals surface area contributed by atoms with Crippen LogP contribution in [-0.4, -0.2) is 19.9 Å². The largest absolute Gasteiger partial charge is 0.455 e. The molecule has 5 nitrogen and oxygen atoms in total. The Balaban J connectivity index is 1.17. The van der Waals surface area contributed by atoms with E-state index in [0.717, 1.165) is 106 Å². The Kier molecular flexibility index (Phi) is 8.41. The van der Waals surface area contributed by atoms with E-state index in [1.54, 1.807) is 6.20 Å². The Bertz CT molecular complexity index is 3180. The van der Waals surface area contributed by atoms with E-state index in [2.05, 4.69) is 145 Å². The Morgan fingerprint density at radius 1 is 0.356 bits per heavy atom. The highest BCUT2D eigenvalue weighted by molar-refractivity contribution is 6.03. The van der Waals surface area contributed by atoms with Crippen LogP contribution in [0, 0.1) is 0 Å². The van der Waals surface area contributed by atoms with Gasteiger partial charge in [-0.25, -0.2) is 9.97 Å². The van der Waals surface area contributed by atoms with Gasteiger partial charge in [-0.15, -0.1) is 0 Å². The summed E-state index contributed by atoms with van der Waals surface area (Å²) in [6.07, 6.45) is 5.43. The molecular formula is C54H34N4O. The lowest BCUT2D eigenvalue weighted by Gasteiger charge is -2.19. The van der Waals surface area contributed by atoms with Crippen molar-refractivity contribution in [1.82, 2.24) is 19.9 Å². The molecule has 1 aliphatic rings. The highest BCUT2D eigenvalue weighted by Gasteiger charge is 2.23. The first-order valence-corrected chi connectivity index (χ1v) is 19.7. The minimum absolute atomic E-state index is 0.594. The number of ether oxygens (including phenoxy) is 1. The number of aromatic nitrogens is 4. The summed E-state index contributed by atoms with van der Waals surface area (Å²) in [5.74, 6) is 2.20. The second kappa shape index (κ2) is 14.5. The van der Waals surface area contributed by atoms with Crippen LogP contribution in [0.1, 0.15) is 0 Å². The summed E-state index contributed by atoms with van der Waals surface area (Å²) in [7, 11) is 0. The number of benzene rings is 7. The molecule has 59 heavy (non-hydrogen) atoms. The molecule has 0 saturated carbocycles. The first-order valence-electron chi connectivity index (χ1n) is 19.7. The summed E-state index contributed by atoms with van der Waals surface area (Å²) in [6.45, 7) is 0. The molecule has 5 heteroatoms. The van der Waals surface area contributed by atoms with Crippen molar-refractivity contribution in [3.8, 4) is 101 Å². The first kappa shape index (κ1) is 34.2. The van der Waals surface area contributed by atoms with E-state index in [-0.39, 0.29) is 0 Å². The molecule has 11 rings (SSSR count). The summed E-state index contributed by atoms with van der Waals surface area (Å²) in [5.41, 5.74) is 14.9. The maximum atomic E-state index is 7.20. The van der Waals surface area contributed by atoms with Crippen molar-refractivity contribution in [1.29, 1.82) is 0 Å². The summed E-state index contributed by atoms with van der Waals surface area (Å²) >= 11 is 0. The van der Waals surface area contributed by atoms with E-state index in [1.807, 2.05) is 60.9 Å². The summed E-state index contributed by atoms with van der Waals surface area (Å²) in [5, 5.41) is 2.14. The fourth-order valence-corrected chi connectivity index (χ4v) is 8.21. The standard InChI is InChI=1S/C54H34N4O/c1-2-14-36(15-3-1)50-32-51(58-54(57-50)39-26-29-49(56-34-39)38-16-12-30-55-33-38)37-25-27-45-43-20-7-6-18-41(43)42-19-8-9-21-44(42)46-22-10-11-23-52(46)59-53-40-17-5-4-13-35(40)24-28-47(53)48(45)31-37/h1-34H. The van der Waals surface area contributed by atoms with Crippen molar-refractivity contribution in [3.05, 3.63) is 207 Å². The third-order valence-electron chi connectivity index (χ3n) is 11.1. The van der Waals surface area contributed by atoms with Crippen LogP contribution in [0.25, 0.3) is 100 Å². The summed E-state index contributed by atoms with van der Waals surface area (Å²) in [4.78, 5) is 19.4. The van der Waals surface area contributed by atoms with Crippen molar-refractivity contribution in [2.45, 2.75) is 0 Å². The number of para-hydroxylation sites is 1. The van der Waals surface area contributed by atoms with E-state index in [1.165, 1.54) is 0 Å². The zero-order chi connectivity index (χ0) is 39.1. The SMILES string of the molecule is c1ccc(-c2cc(-c3ccc4c(c3)-c3ccc5ccccc5c3Oc3ccccc3-c3ccccc3-c3ccccc3-4)nc(-c3ccc(-c4cccnc4)nc3)n2)cc1. The second-order valence-electron chi connectivity index (χ2n) is 14.6. The normalized spacial score (nSPS) is 11.5. The molecule has 7 aromatic carbocycles. The maximum absolute atomic E-state index is 7.20. The number of nitrogens with zero attached hydrogens (tertiary/aromatic N) is 4. The minimum atomic E-state index is 0.594. The van der Waals surface area contributed by atoms with Crippen LogP contribution in [-0.2, 0) is 0 Å². The van der Waals surface area contributed by atoms with Crippen LogP contribution >= 0.6 is 0 Å². The highest BCUT2D eigenvalue weighted by Crippen LogP contribution is 2.50. The topological polar surface area (TPSA) is 60.8 Å². The van der Waals surface area contributed by atoms with Gasteiger partial charge in [-0.05, 0) is 87.3 Å². The first-order chi connectivity index (χ1) is 29.2.